The summed E-state index contributed by atoms with van der Waals surface area (Å²) in [4.78, 5) is 58.0. The number of hydrogen-bond acceptors (Lipinski definition) is 6. The molecule has 2 saturated heterocycles. The number of hydrogen-bond donors (Lipinski definition) is 1. The van der Waals surface area contributed by atoms with Gasteiger partial charge in [0.1, 0.15) is 6.04 Å². The molecule has 10 heteroatoms. The van der Waals surface area contributed by atoms with Crippen LogP contribution < -0.4 is 10.2 Å². The summed E-state index contributed by atoms with van der Waals surface area (Å²) < 4.78 is 2.01. The molecule has 41 heavy (non-hydrogen) atoms. The van der Waals surface area contributed by atoms with Crippen LogP contribution in [0.4, 0.5) is 5.69 Å². The molecule has 0 spiro atoms. The maximum atomic E-state index is 13.4. The fourth-order valence-corrected chi connectivity index (χ4v) is 6.35. The molecule has 3 aliphatic heterocycles. The number of nitrogens with zero attached hydrogens (tertiary/aromatic N) is 5. The van der Waals surface area contributed by atoms with Crippen molar-refractivity contribution in [1.29, 1.82) is 0 Å². The molecule has 2 aromatic carbocycles. The van der Waals surface area contributed by atoms with E-state index >= 15 is 0 Å². The molecule has 2 fully saturated rings. The van der Waals surface area contributed by atoms with Crippen LogP contribution in [0.3, 0.4) is 0 Å². The van der Waals surface area contributed by atoms with Crippen LogP contribution in [0.15, 0.2) is 67.3 Å². The number of anilines is 1. The predicted molar refractivity (Wildman–Crippen MR) is 150 cm³/mol. The lowest BCUT2D eigenvalue weighted by Crippen LogP contribution is -2.53. The molecule has 0 saturated carbocycles. The Hall–Kier alpha value is -4.86. The predicted octanol–water partition coefficient (Wildman–Crippen LogP) is 3.26. The van der Waals surface area contributed by atoms with E-state index in [2.05, 4.69) is 21.6 Å². The third-order valence-electron chi connectivity index (χ3n) is 8.42. The molecule has 206 valence electrons. The van der Waals surface area contributed by atoms with Gasteiger partial charge in [-0.05, 0) is 60.0 Å². The topological polar surface area (TPSA) is 118 Å². The van der Waals surface area contributed by atoms with Crippen LogP contribution in [0, 0.1) is 0 Å². The molecule has 0 radical (unpaired) electrons. The normalized spacial score (nSPS) is 19.2. The van der Waals surface area contributed by atoms with Gasteiger partial charge >= 0.3 is 0 Å². The van der Waals surface area contributed by atoms with Crippen molar-refractivity contribution in [3.63, 3.8) is 0 Å². The zero-order valence-electron chi connectivity index (χ0n) is 22.3. The second kappa shape index (κ2) is 9.96. The van der Waals surface area contributed by atoms with E-state index in [0.717, 1.165) is 34.7 Å². The van der Waals surface area contributed by atoms with Crippen molar-refractivity contribution < 1.29 is 19.2 Å². The Labute approximate surface area is 235 Å². The third kappa shape index (κ3) is 4.35. The molecular formula is C31H28N6O4. The number of rotatable bonds is 5. The number of imide groups is 1. The number of carbonyl (C=O) groups excluding carboxylic acids is 4. The second-order valence-corrected chi connectivity index (χ2v) is 10.9. The standard InChI is InChI=1S/C31H28N6O4/c38-27-9-8-26(29(39)34-27)37-25-7-6-20(23-4-1-5-24(28(23)25)31(37)41)15-19-16-33-36(18-19)22-10-13-35(14-11-22)30(40)21-3-2-12-32-17-21/h1-7,12,16-18,22,26H,8-11,13-15H2,(H,34,38,39). The highest BCUT2D eigenvalue weighted by Crippen LogP contribution is 2.41. The average molecular weight is 549 g/mol. The highest BCUT2D eigenvalue weighted by atomic mass is 16.2. The van der Waals surface area contributed by atoms with Gasteiger partial charge in [0.2, 0.25) is 11.8 Å². The molecule has 2 aromatic heterocycles. The van der Waals surface area contributed by atoms with Crippen molar-refractivity contribution in [3.05, 3.63) is 89.5 Å². The van der Waals surface area contributed by atoms with Crippen LogP contribution in [0.1, 0.15) is 63.6 Å². The zero-order valence-corrected chi connectivity index (χ0v) is 22.3. The van der Waals surface area contributed by atoms with Gasteiger partial charge in [0.15, 0.2) is 0 Å². The molecule has 1 atom stereocenters. The highest BCUT2D eigenvalue weighted by molar-refractivity contribution is 6.27. The molecule has 0 bridgehead atoms. The number of nitrogens with one attached hydrogen (secondary N) is 1. The molecule has 7 rings (SSSR count). The smallest absolute Gasteiger partial charge is 0.259 e. The van der Waals surface area contributed by atoms with Gasteiger partial charge in [-0.15, -0.1) is 0 Å². The van der Waals surface area contributed by atoms with E-state index in [4.69, 9.17) is 0 Å². The lowest BCUT2D eigenvalue weighted by Gasteiger charge is -2.32. The van der Waals surface area contributed by atoms with Gasteiger partial charge in [0.05, 0.1) is 23.5 Å². The number of amides is 4. The summed E-state index contributed by atoms with van der Waals surface area (Å²) in [7, 11) is 0. The maximum absolute atomic E-state index is 13.4. The summed E-state index contributed by atoms with van der Waals surface area (Å²) in [5, 5.41) is 8.85. The van der Waals surface area contributed by atoms with Gasteiger partial charge in [0.25, 0.3) is 11.8 Å². The van der Waals surface area contributed by atoms with Gasteiger partial charge < -0.3 is 4.90 Å². The fourth-order valence-electron chi connectivity index (χ4n) is 6.35. The van der Waals surface area contributed by atoms with E-state index in [-0.39, 0.29) is 30.2 Å². The maximum Gasteiger partial charge on any atom is 0.259 e. The van der Waals surface area contributed by atoms with E-state index in [1.807, 2.05) is 40.0 Å². The van der Waals surface area contributed by atoms with E-state index < -0.39 is 11.9 Å². The van der Waals surface area contributed by atoms with E-state index in [1.54, 1.807) is 35.5 Å². The number of pyridine rings is 1. The minimum absolute atomic E-state index is 0.0133. The Morgan fingerprint density at radius 2 is 1.83 bits per heavy atom. The SMILES string of the molecule is O=C1CCC(N2C(=O)c3cccc4c(Cc5cnn(C6CCN(C(=O)c7cccnc7)CC6)c5)ccc2c34)C(=O)N1. The van der Waals surface area contributed by atoms with Crippen LogP contribution in [0.2, 0.25) is 0 Å². The number of carbonyl (C=O) groups is 4. The van der Waals surface area contributed by atoms with Crippen molar-refractivity contribution in [3.8, 4) is 0 Å². The van der Waals surface area contributed by atoms with Gasteiger partial charge in [-0.3, -0.25) is 39.1 Å². The first kappa shape index (κ1) is 25.1. The lowest BCUT2D eigenvalue weighted by atomic mass is 9.97. The Morgan fingerprint density at radius 1 is 0.976 bits per heavy atom. The van der Waals surface area contributed by atoms with Crippen molar-refractivity contribution in [1.82, 2.24) is 25.0 Å². The Kier molecular flexibility index (Phi) is 6.10. The highest BCUT2D eigenvalue weighted by Gasteiger charge is 2.40. The second-order valence-electron chi connectivity index (χ2n) is 10.9. The fraction of sp³-hybridized carbons (Fsp3) is 0.290. The van der Waals surface area contributed by atoms with Crippen LogP contribution in [-0.4, -0.2) is 62.4 Å². The molecule has 10 nitrogen and oxygen atoms in total. The molecular weight excluding hydrogens is 520 g/mol. The average Bonchev–Trinajstić information content (AvgIpc) is 3.58. The Balaban J connectivity index is 1.08. The van der Waals surface area contributed by atoms with Gasteiger partial charge in [-0.2, -0.15) is 5.10 Å². The summed E-state index contributed by atoms with van der Waals surface area (Å²) in [6.45, 7) is 1.33. The molecule has 1 N–H and O–H groups in total. The monoisotopic (exact) mass is 548 g/mol. The van der Waals surface area contributed by atoms with Crippen LogP contribution in [-0.2, 0) is 16.0 Å². The van der Waals surface area contributed by atoms with E-state index in [9.17, 15) is 19.2 Å². The summed E-state index contributed by atoms with van der Waals surface area (Å²) in [6.07, 6.45) is 10.0. The van der Waals surface area contributed by atoms with E-state index in [0.29, 0.717) is 42.7 Å². The molecule has 1 unspecified atom stereocenters. The van der Waals surface area contributed by atoms with Crippen LogP contribution in [0.5, 0.6) is 0 Å². The number of likely N-dealkylation sites (tertiary alicyclic amines) is 1. The summed E-state index contributed by atoms with van der Waals surface area (Å²) in [5.74, 6) is -0.933. The zero-order chi connectivity index (χ0) is 28.1. The number of aromatic nitrogens is 3. The Bertz CT molecular complexity index is 1710. The van der Waals surface area contributed by atoms with Crippen molar-refractivity contribution in [2.45, 2.75) is 44.2 Å². The lowest BCUT2D eigenvalue weighted by molar-refractivity contribution is -0.134. The van der Waals surface area contributed by atoms with Crippen molar-refractivity contribution >= 4 is 40.1 Å². The van der Waals surface area contributed by atoms with Gasteiger partial charge in [-0.25, -0.2) is 0 Å². The molecule has 5 heterocycles. The first-order chi connectivity index (χ1) is 20.0. The Morgan fingerprint density at radius 3 is 2.61 bits per heavy atom. The molecule has 3 aliphatic rings. The minimum atomic E-state index is -0.703. The summed E-state index contributed by atoms with van der Waals surface area (Å²) >= 11 is 0. The molecule has 0 aliphatic carbocycles. The molecule has 4 aromatic rings. The first-order valence-electron chi connectivity index (χ1n) is 13.9. The van der Waals surface area contributed by atoms with Crippen molar-refractivity contribution in [2.24, 2.45) is 0 Å². The number of piperidine rings is 2. The third-order valence-corrected chi connectivity index (χ3v) is 8.42. The molecule has 4 amide bonds. The number of benzene rings is 2. The largest absolute Gasteiger partial charge is 0.338 e. The summed E-state index contributed by atoms with van der Waals surface area (Å²) in [6, 6.07) is 12.7. The summed E-state index contributed by atoms with van der Waals surface area (Å²) in [5.41, 5.74) is 4.03. The van der Waals surface area contributed by atoms with Crippen LogP contribution >= 0.6 is 0 Å². The van der Waals surface area contributed by atoms with Gasteiger partial charge in [0, 0.05) is 55.5 Å². The quantitative estimate of drug-likeness (QED) is 0.383. The van der Waals surface area contributed by atoms with E-state index in [1.165, 1.54) is 0 Å². The van der Waals surface area contributed by atoms with Crippen LogP contribution in [0.25, 0.3) is 10.8 Å². The minimum Gasteiger partial charge on any atom is -0.338 e. The van der Waals surface area contributed by atoms with Gasteiger partial charge in [-0.1, -0.05) is 18.2 Å². The van der Waals surface area contributed by atoms with Crippen molar-refractivity contribution in [2.75, 3.05) is 18.0 Å². The first-order valence-corrected chi connectivity index (χ1v) is 13.9.